The van der Waals surface area contributed by atoms with Crippen LogP contribution < -0.4 is 15.3 Å². The van der Waals surface area contributed by atoms with Crippen molar-refractivity contribution in [1.29, 1.82) is 0 Å². The van der Waals surface area contributed by atoms with Crippen molar-refractivity contribution in [3.63, 3.8) is 0 Å². The predicted molar refractivity (Wildman–Crippen MR) is 73.3 cm³/mol. The molecule has 0 aliphatic carbocycles. The molecule has 0 spiro atoms. The standard InChI is InChI=1S/3C5H8O2.Tm/c3*1-4(6)3-5(2)7;/h3*3,6H,1-2H3;/q;;;+3/p-3. The van der Waals surface area contributed by atoms with Crippen LogP contribution >= 0.6 is 0 Å². The molecule has 0 amide bonds. The molecule has 0 fully saturated rings. The van der Waals surface area contributed by atoms with E-state index in [9.17, 15) is 29.7 Å². The maximum absolute atomic E-state index is 9.98. The normalized spacial score (nSPS) is 10.9. The molecule has 0 atom stereocenters. The van der Waals surface area contributed by atoms with E-state index in [4.69, 9.17) is 0 Å². The Labute approximate surface area is 160 Å². The van der Waals surface area contributed by atoms with Crippen molar-refractivity contribution in [1.82, 2.24) is 0 Å². The third-order valence-electron chi connectivity index (χ3n) is 1.22. The molecule has 0 aromatic heterocycles. The van der Waals surface area contributed by atoms with E-state index in [0.29, 0.717) is 0 Å². The van der Waals surface area contributed by atoms with Crippen LogP contribution in [0.4, 0.5) is 0 Å². The third-order valence-corrected chi connectivity index (χ3v) is 1.22. The van der Waals surface area contributed by atoms with Crippen molar-refractivity contribution >= 4 is 17.3 Å². The van der Waals surface area contributed by atoms with Gasteiger partial charge in [0.15, 0.2) is 17.3 Å². The van der Waals surface area contributed by atoms with Crippen LogP contribution in [0.5, 0.6) is 0 Å². The second-order valence-electron chi connectivity index (χ2n) is 4.10. The SMILES string of the molecule is CC(=O)C=C(C)[O-].CC(=O)C=C(C)[O-].CC(=O)C=C(C)[O-].[Tm+3]. The first-order chi connectivity index (χ1) is 9.38. The summed E-state index contributed by atoms with van der Waals surface area (Å²) in [5, 5.41) is 29.9. The van der Waals surface area contributed by atoms with Gasteiger partial charge in [-0.3, -0.25) is 14.4 Å². The van der Waals surface area contributed by atoms with Crippen LogP contribution in [0, 0.1) is 36.9 Å². The first-order valence-corrected chi connectivity index (χ1v) is 5.96. The largest absolute Gasteiger partial charge is 3.00 e. The van der Waals surface area contributed by atoms with E-state index >= 15 is 0 Å². The van der Waals surface area contributed by atoms with Crippen LogP contribution in [0.15, 0.2) is 35.5 Å². The average Bonchev–Trinajstić information content (AvgIpc) is 2.10. The number of hydrogen-bond acceptors (Lipinski definition) is 6. The van der Waals surface area contributed by atoms with E-state index in [1.54, 1.807) is 0 Å². The summed E-state index contributed by atoms with van der Waals surface area (Å²) in [7, 11) is 0. The van der Waals surface area contributed by atoms with Gasteiger partial charge in [-0.05, 0) is 39.0 Å². The van der Waals surface area contributed by atoms with Gasteiger partial charge in [-0.1, -0.05) is 20.8 Å². The topological polar surface area (TPSA) is 120 Å². The van der Waals surface area contributed by atoms with Gasteiger partial charge in [0.05, 0.1) is 0 Å². The Balaban J connectivity index is -0.000000108. The van der Waals surface area contributed by atoms with Gasteiger partial charge in [-0.25, -0.2) is 0 Å². The fourth-order valence-electron chi connectivity index (χ4n) is 0.859. The Hall–Kier alpha value is -1.14. The summed E-state index contributed by atoms with van der Waals surface area (Å²) in [6.07, 6.45) is 3.17. The van der Waals surface area contributed by atoms with E-state index < -0.39 is 0 Å². The molecule has 0 rings (SSSR count). The third kappa shape index (κ3) is 51.0. The van der Waals surface area contributed by atoms with Crippen LogP contribution in [0.25, 0.3) is 0 Å². The van der Waals surface area contributed by atoms with Crippen LogP contribution in [0.1, 0.15) is 41.5 Å². The van der Waals surface area contributed by atoms with Gasteiger partial charge in [0.25, 0.3) is 0 Å². The van der Waals surface area contributed by atoms with Crippen molar-refractivity contribution in [3.05, 3.63) is 35.5 Å². The zero-order chi connectivity index (χ0) is 17.6. The second kappa shape index (κ2) is 17.9. The van der Waals surface area contributed by atoms with Crippen LogP contribution in [-0.2, 0) is 14.4 Å². The minimum absolute atomic E-state index is 0. The van der Waals surface area contributed by atoms with Crippen LogP contribution in [0.2, 0.25) is 0 Å². The van der Waals surface area contributed by atoms with E-state index in [-0.39, 0.29) is 71.5 Å². The van der Waals surface area contributed by atoms with Gasteiger partial charge >= 0.3 is 36.9 Å². The molecule has 130 valence electrons. The molecule has 0 unspecified atom stereocenters. The molecule has 0 heterocycles. The van der Waals surface area contributed by atoms with Crippen LogP contribution in [0.3, 0.4) is 0 Å². The van der Waals surface area contributed by atoms with Crippen molar-refractivity contribution in [2.24, 2.45) is 0 Å². The Morgan fingerprint density at radius 3 is 0.682 bits per heavy atom. The first kappa shape index (κ1) is 28.9. The number of rotatable bonds is 3. The molecule has 0 saturated carbocycles. The number of hydrogen-bond donors (Lipinski definition) is 0. The molecule has 0 aromatic rings. The molecule has 0 saturated heterocycles. The zero-order valence-corrected chi connectivity index (χ0v) is 15.2. The summed E-state index contributed by atoms with van der Waals surface area (Å²) in [6.45, 7) is 8.09. The molecule has 0 aromatic carbocycles. The Morgan fingerprint density at radius 1 is 0.545 bits per heavy atom. The first-order valence-electron chi connectivity index (χ1n) is 5.96. The Bertz CT molecular complexity index is 368. The minimum Gasteiger partial charge on any atom is -0.876 e. The molecular formula is C15H21O6Tm. The summed E-state index contributed by atoms with van der Waals surface area (Å²) in [4.78, 5) is 29.9. The summed E-state index contributed by atoms with van der Waals surface area (Å²) in [5.74, 6) is -1.12. The average molecular weight is 466 g/mol. The van der Waals surface area contributed by atoms with Gasteiger partial charge in [0, 0.05) is 0 Å². The molecule has 0 N–H and O–H groups in total. The molecule has 0 radical (unpaired) electrons. The summed E-state index contributed by atoms with van der Waals surface area (Å²) < 4.78 is 0. The van der Waals surface area contributed by atoms with Crippen molar-refractivity contribution in [2.75, 3.05) is 0 Å². The van der Waals surface area contributed by atoms with Crippen LogP contribution in [-0.4, -0.2) is 17.3 Å². The van der Waals surface area contributed by atoms with Gasteiger partial charge in [0.1, 0.15) is 0 Å². The molecule has 0 aliphatic rings. The maximum atomic E-state index is 9.98. The predicted octanol–water partition coefficient (Wildman–Crippen LogP) is -0.481. The number of carbonyl (C=O) groups excluding carboxylic acids is 3. The zero-order valence-electron chi connectivity index (χ0n) is 13.5. The Morgan fingerprint density at radius 2 is 0.682 bits per heavy atom. The molecule has 6 nitrogen and oxygen atoms in total. The molecule has 0 bridgehead atoms. The fourth-order valence-corrected chi connectivity index (χ4v) is 0.859. The fraction of sp³-hybridized carbons (Fsp3) is 0.400. The molecule has 0 aliphatic heterocycles. The van der Waals surface area contributed by atoms with Crippen molar-refractivity contribution in [2.45, 2.75) is 41.5 Å². The van der Waals surface area contributed by atoms with Gasteiger partial charge in [-0.15, -0.1) is 17.3 Å². The number of allylic oxidation sites excluding steroid dienone is 6. The van der Waals surface area contributed by atoms with E-state index in [1.807, 2.05) is 0 Å². The summed E-state index contributed by atoms with van der Waals surface area (Å²) >= 11 is 0. The monoisotopic (exact) mass is 466 g/mol. The molecule has 7 heteroatoms. The number of carbonyl (C=O) groups is 3. The second-order valence-corrected chi connectivity index (χ2v) is 4.10. The molecular weight excluding hydrogens is 445 g/mol. The number of ketones is 3. The molecule has 22 heavy (non-hydrogen) atoms. The van der Waals surface area contributed by atoms with Gasteiger partial charge < -0.3 is 15.3 Å². The minimum atomic E-state index is -0.187. The summed E-state index contributed by atoms with van der Waals surface area (Å²) in [5.41, 5.74) is 0. The van der Waals surface area contributed by atoms with E-state index in [2.05, 4.69) is 0 Å². The van der Waals surface area contributed by atoms with E-state index in [0.717, 1.165) is 18.2 Å². The Kier molecular flexibility index (Phi) is 23.6. The maximum Gasteiger partial charge on any atom is 3.00 e. The van der Waals surface area contributed by atoms with Gasteiger partial charge in [0.2, 0.25) is 0 Å². The van der Waals surface area contributed by atoms with E-state index in [1.165, 1.54) is 41.5 Å². The van der Waals surface area contributed by atoms with Crippen molar-refractivity contribution < 1.29 is 66.6 Å². The smallest absolute Gasteiger partial charge is 0.876 e. The quantitative estimate of drug-likeness (QED) is 0.409. The van der Waals surface area contributed by atoms with Gasteiger partial charge in [-0.2, -0.15) is 0 Å². The van der Waals surface area contributed by atoms with Crippen molar-refractivity contribution in [3.8, 4) is 0 Å². The summed E-state index contributed by atoms with van der Waals surface area (Å²) in [6, 6.07) is 0.